The fourth-order valence-electron chi connectivity index (χ4n) is 1.83. The molecule has 1 amide bonds. The monoisotopic (exact) mass is 285 g/mol. The van der Waals surface area contributed by atoms with Crippen LogP contribution >= 0.6 is 0 Å². The first-order valence-electron chi connectivity index (χ1n) is 6.96. The quantitative estimate of drug-likeness (QED) is 0.909. The fraction of sp³-hybridized carbons (Fsp3) is 0.312. The Hall–Kier alpha value is -2.43. The number of carbonyl (C=O) groups excluding carboxylic acids is 1. The maximum Gasteiger partial charge on any atom is 0.271 e. The van der Waals surface area contributed by atoms with E-state index in [4.69, 9.17) is 0 Å². The van der Waals surface area contributed by atoms with Gasteiger partial charge in [-0.2, -0.15) is 5.10 Å². The number of nitrogens with one attached hydrogen (secondary N) is 1. The third-order valence-corrected chi connectivity index (χ3v) is 2.95. The third kappa shape index (κ3) is 4.27. The molecule has 0 aliphatic rings. The van der Waals surface area contributed by atoms with Crippen LogP contribution in [0, 0.1) is 5.92 Å². The first-order valence-corrected chi connectivity index (χ1v) is 6.96. The van der Waals surface area contributed by atoms with Crippen molar-refractivity contribution in [3.05, 3.63) is 64.1 Å². The van der Waals surface area contributed by atoms with Gasteiger partial charge in [0.05, 0.1) is 6.54 Å². The van der Waals surface area contributed by atoms with Crippen molar-refractivity contribution in [3.63, 3.8) is 0 Å². The summed E-state index contributed by atoms with van der Waals surface area (Å²) < 4.78 is 1.31. The van der Waals surface area contributed by atoms with E-state index in [0.29, 0.717) is 19.0 Å². The molecule has 0 unspecified atom stereocenters. The van der Waals surface area contributed by atoms with Crippen LogP contribution in [0.2, 0.25) is 0 Å². The molecule has 21 heavy (non-hydrogen) atoms. The van der Waals surface area contributed by atoms with Crippen LogP contribution < -0.4 is 10.9 Å². The number of nitrogens with zero attached hydrogens (tertiary/aromatic N) is 2. The molecule has 0 bridgehead atoms. The van der Waals surface area contributed by atoms with Gasteiger partial charge in [-0.15, -0.1) is 0 Å². The van der Waals surface area contributed by atoms with Gasteiger partial charge in [0, 0.05) is 12.6 Å². The van der Waals surface area contributed by atoms with Gasteiger partial charge in [-0.3, -0.25) is 9.59 Å². The van der Waals surface area contributed by atoms with Crippen LogP contribution in [0.1, 0.15) is 29.9 Å². The summed E-state index contributed by atoms with van der Waals surface area (Å²) in [6, 6.07) is 12.4. The molecular weight excluding hydrogens is 266 g/mol. The van der Waals surface area contributed by atoms with Gasteiger partial charge in [-0.1, -0.05) is 44.2 Å². The van der Waals surface area contributed by atoms with Crippen LogP contribution in [0.5, 0.6) is 0 Å². The van der Waals surface area contributed by atoms with Crippen LogP contribution in [0.25, 0.3) is 0 Å². The highest BCUT2D eigenvalue weighted by atomic mass is 16.2. The molecule has 0 aliphatic carbocycles. The molecule has 2 rings (SSSR count). The Labute approximate surface area is 123 Å². The number of hydrogen-bond acceptors (Lipinski definition) is 3. The third-order valence-electron chi connectivity index (χ3n) is 2.95. The van der Waals surface area contributed by atoms with Crippen molar-refractivity contribution in [1.82, 2.24) is 15.1 Å². The summed E-state index contributed by atoms with van der Waals surface area (Å²) in [4.78, 5) is 23.8. The van der Waals surface area contributed by atoms with Crippen molar-refractivity contribution in [2.75, 3.05) is 6.54 Å². The minimum absolute atomic E-state index is 0.223. The highest BCUT2D eigenvalue weighted by molar-refractivity contribution is 5.91. The summed E-state index contributed by atoms with van der Waals surface area (Å²) >= 11 is 0. The van der Waals surface area contributed by atoms with Crippen LogP contribution in [0.3, 0.4) is 0 Å². The summed E-state index contributed by atoms with van der Waals surface area (Å²) in [5, 5.41) is 6.93. The lowest BCUT2D eigenvalue weighted by Gasteiger charge is -2.09. The first kappa shape index (κ1) is 15.0. The number of aromatic nitrogens is 2. The smallest absolute Gasteiger partial charge is 0.271 e. The van der Waals surface area contributed by atoms with Gasteiger partial charge in [0.25, 0.3) is 11.5 Å². The molecule has 5 nitrogen and oxygen atoms in total. The predicted octanol–water partition coefficient (Wildman–Crippen LogP) is 1.68. The molecule has 1 heterocycles. The van der Waals surface area contributed by atoms with E-state index in [1.54, 1.807) is 0 Å². The molecule has 1 N–H and O–H groups in total. The Kier molecular flexibility index (Phi) is 4.87. The molecule has 0 saturated heterocycles. The van der Waals surface area contributed by atoms with E-state index < -0.39 is 0 Å². The highest BCUT2D eigenvalue weighted by Crippen LogP contribution is 2.00. The van der Waals surface area contributed by atoms with E-state index in [1.807, 2.05) is 44.2 Å². The Morgan fingerprint density at radius 3 is 2.57 bits per heavy atom. The molecule has 0 radical (unpaired) electrons. The van der Waals surface area contributed by atoms with Crippen LogP contribution in [0.4, 0.5) is 0 Å². The standard InChI is InChI=1S/C16H19N3O2/c1-12(2)10-17-16(21)14-8-9-15(20)19(18-14)11-13-6-4-3-5-7-13/h3-9,12H,10-11H2,1-2H3,(H,17,21). The summed E-state index contributed by atoms with van der Waals surface area (Å²) in [6.45, 7) is 4.97. The second-order valence-electron chi connectivity index (χ2n) is 5.30. The highest BCUT2D eigenvalue weighted by Gasteiger charge is 2.10. The zero-order valence-corrected chi connectivity index (χ0v) is 12.2. The number of carbonyl (C=O) groups is 1. The van der Waals surface area contributed by atoms with E-state index in [0.717, 1.165) is 5.56 Å². The van der Waals surface area contributed by atoms with Gasteiger partial charge in [0.15, 0.2) is 0 Å². The summed E-state index contributed by atoms with van der Waals surface area (Å²) in [5.41, 5.74) is 0.997. The Morgan fingerprint density at radius 1 is 1.19 bits per heavy atom. The lowest BCUT2D eigenvalue weighted by molar-refractivity contribution is 0.0941. The molecule has 0 spiro atoms. The topological polar surface area (TPSA) is 64.0 Å². The number of rotatable bonds is 5. The van der Waals surface area contributed by atoms with E-state index in [-0.39, 0.29) is 17.2 Å². The Bertz CT molecular complexity index is 663. The Balaban J connectivity index is 2.17. The van der Waals surface area contributed by atoms with Crippen molar-refractivity contribution >= 4 is 5.91 Å². The molecule has 5 heteroatoms. The zero-order valence-electron chi connectivity index (χ0n) is 12.2. The molecule has 1 aromatic heterocycles. The average Bonchev–Trinajstić information content (AvgIpc) is 2.48. The summed E-state index contributed by atoms with van der Waals surface area (Å²) in [7, 11) is 0. The van der Waals surface area contributed by atoms with Gasteiger partial charge in [-0.05, 0) is 17.5 Å². The Morgan fingerprint density at radius 2 is 1.90 bits per heavy atom. The molecule has 2 aromatic rings. The molecular formula is C16H19N3O2. The van der Waals surface area contributed by atoms with Gasteiger partial charge in [-0.25, -0.2) is 4.68 Å². The van der Waals surface area contributed by atoms with Crippen LogP contribution in [0.15, 0.2) is 47.3 Å². The molecule has 110 valence electrons. The van der Waals surface area contributed by atoms with Gasteiger partial charge in [0.2, 0.25) is 0 Å². The average molecular weight is 285 g/mol. The molecule has 0 saturated carbocycles. The van der Waals surface area contributed by atoms with Crippen LogP contribution in [-0.4, -0.2) is 22.2 Å². The lowest BCUT2D eigenvalue weighted by atomic mass is 10.2. The summed E-state index contributed by atoms with van der Waals surface area (Å²) in [5.74, 6) is 0.106. The second kappa shape index (κ2) is 6.83. The van der Waals surface area contributed by atoms with Crippen molar-refractivity contribution in [2.45, 2.75) is 20.4 Å². The summed E-state index contributed by atoms with van der Waals surface area (Å²) in [6.07, 6.45) is 0. The van der Waals surface area contributed by atoms with E-state index >= 15 is 0 Å². The van der Waals surface area contributed by atoms with Gasteiger partial charge < -0.3 is 5.32 Å². The number of benzene rings is 1. The maximum absolute atomic E-state index is 12.0. The molecule has 0 fully saturated rings. The second-order valence-corrected chi connectivity index (χ2v) is 5.30. The normalized spacial score (nSPS) is 10.6. The molecule has 0 aliphatic heterocycles. The van der Waals surface area contributed by atoms with Crippen LogP contribution in [-0.2, 0) is 6.54 Å². The number of amides is 1. The van der Waals surface area contributed by atoms with Crippen molar-refractivity contribution < 1.29 is 4.79 Å². The largest absolute Gasteiger partial charge is 0.350 e. The van der Waals surface area contributed by atoms with Gasteiger partial charge >= 0.3 is 0 Å². The van der Waals surface area contributed by atoms with Crippen molar-refractivity contribution in [1.29, 1.82) is 0 Å². The SMILES string of the molecule is CC(C)CNC(=O)c1ccc(=O)n(Cc2ccccc2)n1. The van der Waals surface area contributed by atoms with Gasteiger partial charge in [0.1, 0.15) is 5.69 Å². The first-order chi connectivity index (χ1) is 10.1. The number of hydrogen-bond donors (Lipinski definition) is 1. The van der Waals surface area contributed by atoms with E-state index in [9.17, 15) is 9.59 Å². The van der Waals surface area contributed by atoms with Crippen molar-refractivity contribution in [2.24, 2.45) is 5.92 Å². The van der Waals surface area contributed by atoms with E-state index in [1.165, 1.54) is 16.8 Å². The fourth-order valence-corrected chi connectivity index (χ4v) is 1.83. The lowest BCUT2D eigenvalue weighted by Crippen LogP contribution is -2.31. The minimum atomic E-state index is -0.259. The molecule has 0 atom stereocenters. The van der Waals surface area contributed by atoms with E-state index in [2.05, 4.69) is 10.4 Å². The molecule has 1 aromatic carbocycles. The predicted molar refractivity (Wildman–Crippen MR) is 81.2 cm³/mol. The zero-order chi connectivity index (χ0) is 15.2. The maximum atomic E-state index is 12.0. The van der Waals surface area contributed by atoms with Crippen molar-refractivity contribution in [3.8, 4) is 0 Å². The minimum Gasteiger partial charge on any atom is -0.350 e.